The predicted octanol–water partition coefficient (Wildman–Crippen LogP) is 4.36. The van der Waals surface area contributed by atoms with Crippen molar-refractivity contribution in [1.29, 1.82) is 0 Å². The molecule has 0 bridgehead atoms. The van der Waals surface area contributed by atoms with Crippen LogP contribution in [0.3, 0.4) is 0 Å². The maximum atomic E-state index is 5.70. The number of halogens is 2. The molecule has 0 aliphatic rings. The van der Waals surface area contributed by atoms with E-state index in [0.29, 0.717) is 13.2 Å². The zero-order valence-electron chi connectivity index (χ0n) is 10.1. The topological polar surface area (TPSA) is 35.2 Å². The van der Waals surface area contributed by atoms with Crippen LogP contribution in [0.2, 0.25) is 0 Å². The first-order valence-corrected chi connectivity index (χ1v) is 7.22. The molecule has 0 heterocycles. The highest BCUT2D eigenvalue weighted by atomic mass is 79.9. The molecule has 2 nitrogen and oxygen atoms in total. The quantitative estimate of drug-likeness (QED) is 0.844. The Morgan fingerprint density at radius 1 is 1.35 bits per heavy atom. The second-order valence-corrected chi connectivity index (χ2v) is 5.37. The highest BCUT2D eigenvalue weighted by Gasteiger charge is 2.08. The maximum absolute atomic E-state index is 5.70. The molecule has 0 amide bonds. The summed E-state index contributed by atoms with van der Waals surface area (Å²) in [6, 6.07) is 4.03. The molecule has 0 aromatic heterocycles. The van der Waals surface area contributed by atoms with E-state index >= 15 is 0 Å². The molecule has 4 heteroatoms. The lowest BCUT2D eigenvalue weighted by atomic mass is 10.1. The Labute approximate surface area is 119 Å². The molecule has 0 aliphatic heterocycles. The van der Waals surface area contributed by atoms with E-state index in [4.69, 9.17) is 10.5 Å². The first-order chi connectivity index (χ1) is 8.12. The van der Waals surface area contributed by atoms with Crippen molar-refractivity contribution in [1.82, 2.24) is 0 Å². The van der Waals surface area contributed by atoms with E-state index in [1.54, 1.807) is 0 Å². The third-order valence-corrected chi connectivity index (χ3v) is 3.45. The maximum Gasteiger partial charge on any atom is 0.140 e. The number of hydrogen-bond acceptors (Lipinski definition) is 2. The van der Waals surface area contributed by atoms with E-state index in [1.165, 1.54) is 5.57 Å². The number of hydrogen-bond donors (Lipinski definition) is 1. The van der Waals surface area contributed by atoms with Gasteiger partial charge in [0.15, 0.2) is 0 Å². The average molecular weight is 363 g/mol. The standard InChI is InChI=1S/C13H17Br2NO/c1-3-9(8-16)5-10-6-11(14)7-12(15)13(10)17-4-2/h5-7H,3-4,8,16H2,1-2H3. The van der Waals surface area contributed by atoms with Crippen LogP contribution in [0.5, 0.6) is 5.75 Å². The van der Waals surface area contributed by atoms with Crippen molar-refractivity contribution in [3.63, 3.8) is 0 Å². The fourth-order valence-electron chi connectivity index (χ4n) is 1.51. The Kier molecular flexibility index (Phi) is 6.23. The van der Waals surface area contributed by atoms with Gasteiger partial charge in [-0.3, -0.25) is 0 Å². The van der Waals surface area contributed by atoms with Gasteiger partial charge < -0.3 is 10.5 Å². The molecule has 17 heavy (non-hydrogen) atoms. The molecule has 0 saturated carbocycles. The van der Waals surface area contributed by atoms with E-state index in [-0.39, 0.29) is 0 Å². The SMILES string of the molecule is CCOc1c(Br)cc(Br)cc1C=C(CC)CN. The second-order valence-electron chi connectivity index (χ2n) is 3.60. The van der Waals surface area contributed by atoms with Crippen LogP contribution in [0.1, 0.15) is 25.8 Å². The van der Waals surface area contributed by atoms with Crippen LogP contribution in [0.15, 0.2) is 26.7 Å². The molecule has 0 atom stereocenters. The monoisotopic (exact) mass is 361 g/mol. The Morgan fingerprint density at radius 2 is 2.06 bits per heavy atom. The van der Waals surface area contributed by atoms with Gasteiger partial charge in [-0.05, 0) is 41.4 Å². The van der Waals surface area contributed by atoms with Crippen LogP contribution in [-0.4, -0.2) is 13.2 Å². The lowest BCUT2D eigenvalue weighted by Crippen LogP contribution is -2.02. The van der Waals surface area contributed by atoms with Gasteiger partial charge in [0.25, 0.3) is 0 Å². The minimum Gasteiger partial charge on any atom is -0.492 e. The molecule has 0 fully saturated rings. The fourth-order valence-corrected chi connectivity index (χ4v) is 2.88. The summed E-state index contributed by atoms with van der Waals surface area (Å²) in [6.07, 6.45) is 3.05. The van der Waals surface area contributed by atoms with E-state index in [9.17, 15) is 0 Å². The molecule has 2 N–H and O–H groups in total. The normalized spacial score (nSPS) is 11.7. The Hall–Kier alpha value is -0.320. The van der Waals surface area contributed by atoms with Crippen LogP contribution >= 0.6 is 31.9 Å². The lowest BCUT2D eigenvalue weighted by Gasteiger charge is -2.11. The summed E-state index contributed by atoms with van der Waals surface area (Å²) in [6.45, 7) is 5.30. The van der Waals surface area contributed by atoms with Gasteiger partial charge in [0.1, 0.15) is 5.75 Å². The predicted molar refractivity (Wildman–Crippen MR) is 80.3 cm³/mol. The molecule has 1 rings (SSSR count). The molecule has 0 unspecified atom stereocenters. The Balaban J connectivity index is 3.24. The largest absolute Gasteiger partial charge is 0.492 e. The van der Waals surface area contributed by atoms with Crippen molar-refractivity contribution in [2.45, 2.75) is 20.3 Å². The molecule has 0 spiro atoms. The van der Waals surface area contributed by atoms with Gasteiger partial charge >= 0.3 is 0 Å². The third kappa shape index (κ3) is 4.12. The Bertz CT molecular complexity index is 410. The summed E-state index contributed by atoms with van der Waals surface area (Å²) >= 11 is 7.00. The van der Waals surface area contributed by atoms with Crippen molar-refractivity contribution in [2.75, 3.05) is 13.2 Å². The minimum atomic E-state index is 0.576. The molecule has 0 saturated heterocycles. The van der Waals surface area contributed by atoms with Gasteiger partial charge in [0.2, 0.25) is 0 Å². The summed E-state index contributed by atoms with van der Waals surface area (Å²) < 4.78 is 7.63. The lowest BCUT2D eigenvalue weighted by molar-refractivity contribution is 0.337. The summed E-state index contributed by atoms with van der Waals surface area (Å²) in [5, 5.41) is 0. The fraction of sp³-hybridized carbons (Fsp3) is 0.385. The van der Waals surface area contributed by atoms with Gasteiger partial charge in [-0.2, -0.15) is 0 Å². The summed E-state index contributed by atoms with van der Waals surface area (Å²) in [5.74, 6) is 0.870. The molecule has 0 radical (unpaired) electrons. The highest BCUT2D eigenvalue weighted by Crippen LogP contribution is 2.34. The molecule has 0 aliphatic carbocycles. The molecule has 1 aromatic carbocycles. The summed E-state index contributed by atoms with van der Waals surface area (Å²) in [4.78, 5) is 0. The van der Waals surface area contributed by atoms with Crippen molar-refractivity contribution in [3.05, 3.63) is 32.2 Å². The summed E-state index contributed by atoms with van der Waals surface area (Å²) in [7, 11) is 0. The first kappa shape index (κ1) is 14.7. The van der Waals surface area contributed by atoms with E-state index < -0.39 is 0 Å². The van der Waals surface area contributed by atoms with Crippen LogP contribution in [0.25, 0.3) is 6.08 Å². The van der Waals surface area contributed by atoms with Crippen LogP contribution < -0.4 is 10.5 Å². The first-order valence-electron chi connectivity index (χ1n) is 5.63. The van der Waals surface area contributed by atoms with Gasteiger partial charge in [0.05, 0.1) is 11.1 Å². The molecular weight excluding hydrogens is 346 g/mol. The van der Waals surface area contributed by atoms with Gasteiger partial charge in [-0.15, -0.1) is 0 Å². The van der Waals surface area contributed by atoms with Gasteiger partial charge in [0, 0.05) is 16.6 Å². The highest BCUT2D eigenvalue weighted by molar-refractivity contribution is 9.11. The van der Waals surface area contributed by atoms with E-state index in [2.05, 4.69) is 44.9 Å². The van der Waals surface area contributed by atoms with E-state index in [1.807, 2.05) is 19.1 Å². The minimum absolute atomic E-state index is 0.576. The molecular formula is C13H17Br2NO. The van der Waals surface area contributed by atoms with E-state index in [0.717, 1.165) is 26.7 Å². The zero-order valence-corrected chi connectivity index (χ0v) is 13.3. The molecule has 1 aromatic rings. The smallest absolute Gasteiger partial charge is 0.140 e. The zero-order chi connectivity index (χ0) is 12.8. The Morgan fingerprint density at radius 3 is 2.59 bits per heavy atom. The van der Waals surface area contributed by atoms with Crippen molar-refractivity contribution >= 4 is 37.9 Å². The number of rotatable bonds is 5. The van der Waals surface area contributed by atoms with Crippen LogP contribution in [0.4, 0.5) is 0 Å². The van der Waals surface area contributed by atoms with Crippen LogP contribution in [0, 0.1) is 0 Å². The number of benzene rings is 1. The van der Waals surface area contributed by atoms with Crippen molar-refractivity contribution in [3.8, 4) is 5.75 Å². The second kappa shape index (κ2) is 7.19. The van der Waals surface area contributed by atoms with Gasteiger partial charge in [-0.25, -0.2) is 0 Å². The molecule has 94 valence electrons. The van der Waals surface area contributed by atoms with Crippen molar-refractivity contribution in [2.24, 2.45) is 5.73 Å². The third-order valence-electron chi connectivity index (χ3n) is 2.40. The summed E-state index contributed by atoms with van der Waals surface area (Å²) in [5.41, 5.74) is 7.95. The van der Waals surface area contributed by atoms with Gasteiger partial charge in [-0.1, -0.05) is 34.5 Å². The van der Waals surface area contributed by atoms with Crippen LogP contribution in [-0.2, 0) is 0 Å². The van der Waals surface area contributed by atoms with Crippen molar-refractivity contribution < 1.29 is 4.74 Å². The average Bonchev–Trinajstić information content (AvgIpc) is 2.30. The number of nitrogens with two attached hydrogens (primary N) is 1. The number of ether oxygens (including phenoxy) is 1.